The van der Waals surface area contributed by atoms with Gasteiger partial charge in [0.1, 0.15) is 35.9 Å². The number of hydrogen-bond donors (Lipinski definition) is 4. The molecule has 0 unspecified atom stereocenters. The maximum absolute atomic E-state index is 10.9. The molecule has 1 aromatic carbocycles. The van der Waals surface area contributed by atoms with Crippen molar-refractivity contribution >= 4 is 35.6 Å². The third-order valence-electron chi connectivity index (χ3n) is 4.72. The van der Waals surface area contributed by atoms with Gasteiger partial charge in [-0.2, -0.15) is 0 Å². The maximum Gasteiger partial charge on any atom is 0.469 e. The van der Waals surface area contributed by atoms with Crippen LogP contribution in [0.4, 0.5) is 5.82 Å². The number of phosphoric ester groups is 1. The highest BCUT2D eigenvalue weighted by atomic mass is 31.2. The highest BCUT2D eigenvalue weighted by molar-refractivity contribution is 7.46. The van der Waals surface area contributed by atoms with E-state index >= 15 is 0 Å². The summed E-state index contributed by atoms with van der Waals surface area (Å²) in [5.41, 5.74) is 7.34. The summed E-state index contributed by atoms with van der Waals surface area (Å²) in [6, 6.07) is 5.42. The highest BCUT2D eigenvalue weighted by Gasteiger charge is 2.38. The van der Waals surface area contributed by atoms with Crippen LogP contribution in [0.5, 0.6) is 5.75 Å². The molecular formula is C16H19N4O7P. The first kappa shape index (κ1) is 19.1. The van der Waals surface area contributed by atoms with E-state index in [-0.39, 0.29) is 6.42 Å². The molecular weight excluding hydrogens is 391 g/mol. The van der Waals surface area contributed by atoms with E-state index in [2.05, 4.69) is 14.5 Å². The molecule has 5 N–H and O–H groups in total. The fourth-order valence-corrected chi connectivity index (χ4v) is 3.82. The number of nitrogens with two attached hydrogens (primary N) is 1. The van der Waals surface area contributed by atoms with E-state index in [0.717, 1.165) is 10.9 Å². The Morgan fingerprint density at radius 1 is 1.39 bits per heavy atom. The van der Waals surface area contributed by atoms with Gasteiger partial charge >= 0.3 is 7.82 Å². The van der Waals surface area contributed by atoms with E-state index in [0.29, 0.717) is 22.6 Å². The first-order valence-electron chi connectivity index (χ1n) is 8.40. The van der Waals surface area contributed by atoms with Crippen molar-refractivity contribution in [1.82, 2.24) is 14.5 Å². The third kappa shape index (κ3) is 3.32. The Hall–Kier alpha value is -2.27. The standard InChI is InChI=1S/C16H19N4O7P/c1-25-8-2-3-10-9(4-8)14-15(17)18-7-19-16(14)20(10)13-5-11(21)12(27-13)6-26-28(22,23)24/h2-4,7,11-13,21H,5-6H2,1H3,(H2,17,18,19)(H2,22,23,24)/t11-,12+,13+/m0/s1. The summed E-state index contributed by atoms with van der Waals surface area (Å²) in [6.07, 6.45) is -0.985. The van der Waals surface area contributed by atoms with Crippen LogP contribution in [0.3, 0.4) is 0 Å². The van der Waals surface area contributed by atoms with Crippen LogP contribution in [0.15, 0.2) is 24.5 Å². The molecule has 11 nitrogen and oxygen atoms in total. The quantitative estimate of drug-likeness (QED) is 0.445. The number of fused-ring (bicyclic) bond motifs is 3. The lowest BCUT2D eigenvalue weighted by Crippen LogP contribution is -2.25. The second kappa shape index (κ2) is 6.96. The largest absolute Gasteiger partial charge is 0.497 e. The second-order valence-corrected chi connectivity index (χ2v) is 7.67. The average molecular weight is 410 g/mol. The summed E-state index contributed by atoms with van der Waals surface area (Å²) in [4.78, 5) is 26.1. The van der Waals surface area contributed by atoms with E-state index in [1.807, 2.05) is 12.1 Å². The molecule has 0 bridgehead atoms. The normalized spacial score (nSPS) is 22.9. The number of hydrogen-bond acceptors (Lipinski definition) is 8. The van der Waals surface area contributed by atoms with Gasteiger partial charge in [-0.05, 0) is 18.2 Å². The lowest BCUT2D eigenvalue weighted by atomic mass is 10.2. The van der Waals surface area contributed by atoms with Crippen molar-refractivity contribution < 1.29 is 33.5 Å². The molecule has 3 aromatic rings. The third-order valence-corrected chi connectivity index (χ3v) is 5.20. The summed E-state index contributed by atoms with van der Waals surface area (Å²) in [5, 5.41) is 11.7. The number of aliphatic hydroxyl groups excluding tert-OH is 1. The second-order valence-electron chi connectivity index (χ2n) is 6.43. The maximum atomic E-state index is 10.9. The molecule has 0 aliphatic carbocycles. The van der Waals surface area contributed by atoms with Crippen LogP contribution in [0.2, 0.25) is 0 Å². The fraction of sp³-hybridized carbons (Fsp3) is 0.375. The van der Waals surface area contributed by atoms with Gasteiger partial charge in [0.05, 0.1) is 30.7 Å². The van der Waals surface area contributed by atoms with E-state index < -0.39 is 32.9 Å². The minimum Gasteiger partial charge on any atom is -0.497 e. The molecule has 0 spiro atoms. The zero-order valence-corrected chi connectivity index (χ0v) is 15.7. The minimum absolute atomic E-state index is 0.185. The average Bonchev–Trinajstić information content (AvgIpc) is 3.16. The molecule has 3 atom stereocenters. The number of nitrogen functional groups attached to an aromatic ring is 1. The Balaban J connectivity index is 1.78. The molecule has 28 heavy (non-hydrogen) atoms. The smallest absolute Gasteiger partial charge is 0.469 e. The fourth-order valence-electron chi connectivity index (χ4n) is 3.48. The van der Waals surface area contributed by atoms with Crippen molar-refractivity contribution in [2.45, 2.75) is 24.9 Å². The Bertz CT molecular complexity index is 1080. The van der Waals surface area contributed by atoms with Crippen LogP contribution >= 0.6 is 7.82 Å². The molecule has 12 heteroatoms. The number of aromatic nitrogens is 3. The van der Waals surface area contributed by atoms with Crippen molar-refractivity contribution in [3.63, 3.8) is 0 Å². The highest BCUT2D eigenvalue weighted by Crippen LogP contribution is 2.41. The molecule has 1 saturated heterocycles. The molecule has 3 heterocycles. The van der Waals surface area contributed by atoms with E-state index in [4.69, 9.17) is 25.0 Å². The summed E-state index contributed by atoms with van der Waals surface area (Å²) < 4.78 is 28.3. The monoisotopic (exact) mass is 410 g/mol. The van der Waals surface area contributed by atoms with Crippen LogP contribution in [-0.4, -0.2) is 55.4 Å². The zero-order valence-electron chi connectivity index (χ0n) is 14.8. The number of nitrogens with zero attached hydrogens (tertiary/aromatic N) is 3. The lowest BCUT2D eigenvalue weighted by Gasteiger charge is -2.17. The van der Waals surface area contributed by atoms with Gasteiger partial charge in [0.25, 0.3) is 0 Å². The van der Waals surface area contributed by atoms with Crippen LogP contribution in [0.25, 0.3) is 21.9 Å². The molecule has 4 rings (SSSR count). The predicted octanol–water partition coefficient (Wildman–Crippen LogP) is 0.933. The SMILES string of the molecule is COc1ccc2c(c1)c1c(N)ncnc1n2[C@H]1C[C@H](O)[C@@H](COP(=O)(O)O)O1. The first-order chi connectivity index (χ1) is 13.3. The molecule has 1 aliphatic heterocycles. The molecule has 2 aromatic heterocycles. The van der Waals surface area contributed by atoms with Crippen LogP contribution in [0, 0.1) is 0 Å². The van der Waals surface area contributed by atoms with Gasteiger partial charge < -0.3 is 30.1 Å². The number of aliphatic hydroxyl groups is 1. The van der Waals surface area contributed by atoms with Crippen molar-refractivity contribution in [3.05, 3.63) is 24.5 Å². The number of rotatable bonds is 5. The van der Waals surface area contributed by atoms with Gasteiger partial charge in [-0.3, -0.25) is 9.09 Å². The summed E-state index contributed by atoms with van der Waals surface area (Å²) in [5.74, 6) is 0.928. The van der Waals surface area contributed by atoms with Crippen LogP contribution in [0.1, 0.15) is 12.6 Å². The lowest BCUT2D eigenvalue weighted by molar-refractivity contribution is -0.0409. The molecule has 150 valence electrons. The van der Waals surface area contributed by atoms with Crippen LogP contribution in [-0.2, 0) is 13.8 Å². The van der Waals surface area contributed by atoms with Gasteiger partial charge in [-0.15, -0.1) is 0 Å². The Labute approximate surface area is 158 Å². The Morgan fingerprint density at radius 3 is 2.89 bits per heavy atom. The summed E-state index contributed by atoms with van der Waals surface area (Å²) in [7, 11) is -3.11. The molecule has 1 fully saturated rings. The number of methoxy groups -OCH3 is 1. The molecule has 1 aliphatic rings. The molecule has 0 saturated carbocycles. The summed E-state index contributed by atoms with van der Waals surface area (Å²) in [6.45, 7) is -0.440. The summed E-state index contributed by atoms with van der Waals surface area (Å²) >= 11 is 0. The molecule has 0 radical (unpaired) electrons. The number of anilines is 1. The first-order valence-corrected chi connectivity index (χ1v) is 9.93. The van der Waals surface area contributed by atoms with Crippen molar-refractivity contribution in [2.24, 2.45) is 0 Å². The number of benzene rings is 1. The number of phosphoric acid groups is 1. The van der Waals surface area contributed by atoms with E-state index in [1.54, 1.807) is 17.7 Å². The number of ether oxygens (including phenoxy) is 2. The Morgan fingerprint density at radius 2 is 2.18 bits per heavy atom. The minimum atomic E-state index is -4.67. The van der Waals surface area contributed by atoms with Gasteiger partial charge in [0.2, 0.25) is 0 Å². The van der Waals surface area contributed by atoms with Crippen molar-refractivity contribution in [3.8, 4) is 5.75 Å². The van der Waals surface area contributed by atoms with E-state index in [9.17, 15) is 9.67 Å². The molecule has 0 amide bonds. The predicted molar refractivity (Wildman–Crippen MR) is 98.5 cm³/mol. The van der Waals surface area contributed by atoms with E-state index in [1.165, 1.54) is 6.33 Å². The van der Waals surface area contributed by atoms with Gasteiger partial charge in [0, 0.05) is 11.8 Å². The van der Waals surface area contributed by atoms with Crippen molar-refractivity contribution in [1.29, 1.82) is 0 Å². The van der Waals surface area contributed by atoms with Gasteiger partial charge in [0.15, 0.2) is 0 Å². The van der Waals surface area contributed by atoms with Crippen molar-refractivity contribution in [2.75, 3.05) is 19.5 Å². The van der Waals surface area contributed by atoms with Crippen LogP contribution < -0.4 is 10.5 Å². The van der Waals surface area contributed by atoms with Gasteiger partial charge in [-0.1, -0.05) is 0 Å². The topological polar surface area (TPSA) is 162 Å². The zero-order chi connectivity index (χ0) is 20.1. The Kier molecular flexibility index (Phi) is 4.74. The van der Waals surface area contributed by atoms with Gasteiger partial charge in [-0.25, -0.2) is 14.5 Å².